The van der Waals surface area contributed by atoms with Crippen LogP contribution in [0.25, 0.3) is 0 Å². The van der Waals surface area contributed by atoms with Gasteiger partial charge in [0, 0.05) is 11.0 Å². The zero-order valence-electron chi connectivity index (χ0n) is 10.0. The van der Waals surface area contributed by atoms with E-state index in [0.717, 1.165) is 16.4 Å². The number of carbonyl (C=O) groups excluding carboxylic acids is 1. The minimum absolute atomic E-state index is 0.0186. The molecule has 2 aliphatic heterocycles. The summed E-state index contributed by atoms with van der Waals surface area (Å²) >= 11 is 1.60. The van der Waals surface area contributed by atoms with Crippen LogP contribution in [0.1, 0.15) is 10.9 Å². The second-order valence-electron chi connectivity index (χ2n) is 4.62. The average Bonchev–Trinajstić information content (AvgIpc) is 3.06. The number of nitrogens with zero attached hydrogens (tertiary/aromatic N) is 1. The van der Waals surface area contributed by atoms with Gasteiger partial charge in [-0.3, -0.25) is 9.69 Å². The molecule has 1 aromatic rings. The third kappa shape index (κ3) is 1.51. The molecule has 4 rings (SSSR count). The highest BCUT2D eigenvalue weighted by atomic mass is 32.1. The quantitative estimate of drug-likeness (QED) is 0.757. The highest BCUT2D eigenvalue weighted by Gasteiger charge is 2.45. The summed E-state index contributed by atoms with van der Waals surface area (Å²) in [4.78, 5) is 18.7. The maximum Gasteiger partial charge on any atom is 0.257 e. The average molecular weight is 270 g/mol. The van der Waals surface area contributed by atoms with E-state index in [0.29, 0.717) is 0 Å². The van der Waals surface area contributed by atoms with Gasteiger partial charge in [0.15, 0.2) is 5.82 Å². The van der Waals surface area contributed by atoms with Gasteiger partial charge in [-0.05, 0) is 11.4 Å². The van der Waals surface area contributed by atoms with E-state index in [1.165, 1.54) is 0 Å². The molecule has 1 aromatic heterocycles. The van der Waals surface area contributed by atoms with Crippen molar-refractivity contribution in [3.63, 3.8) is 0 Å². The summed E-state index contributed by atoms with van der Waals surface area (Å²) < 4.78 is 0. The van der Waals surface area contributed by atoms with E-state index in [1.54, 1.807) is 11.3 Å². The van der Waals surface area contributed by atoms with Crippen molar-refractivity contribution in [2.45, 2.75) is 12.1 Å². The highest BCUT2D eigenvalue weighted by Crippen LogP contribution is 2.31. The molecular formula is C14H12N3OS+. The molecule has 1 amide bonds. The molecular weight excluding hydrogens is 258 g/mol. The number of thiophene rings is 1. The molecule has 5 heteroatoms. The number of hydrogen-bond donors (Lipinski definition) is 2. The Morgan fingerprint density at radius 1 is 1.37 bits per heavy atom. The Bertz CT molecular complexity index is 654. The fourth-order valence-corrected chi connectivity index (χ4v) is 3.39. The largest absolute Gasteiger partial charge is 0.350 e. The van der Waals surface area contributed by atoms with E-state index in [-0.39, 0.29) is 18.0 Å². The van der Waals surface area contributed by atoms with E-state index >= 15 is 0 Å². The second kappa shape index (κ2) is 3.93. The van der Waals surface area contributed by atoms with Gasteiger partial charge in [-0.2, -0.15) is 0 Å². The second-order valence-corrected chi connectivity index (χ2v) is 5.60. The van der Waals surface area contributed by atoms with Gasteiger partial charge in [-0.1, -0.05) is 24.3 Å². The number of hydrogen-bond acceptors (Lipinski definition) is 3. The summed E-state index contributed by atoms with van der Waals surface area (Å²) in [7, 11) is 0. The van der Waals surface area contributed by atoms with E-state index in [9.17, 15) is 4.79 Å². The van der Waals surface area contributed by atoms with Crippen molar-refractivity contribution in [2.75, 3.05) is 0 Å². The molecule has 2 N–H and O–H groups in total. The lowest BCUT2D eigenvalue weighted by Crippen LogP contribution is -2.74. The van der Waals surface area contributed by atoms with Crippen LogP contribution in [-0.4, -0.2) is 22.6 Å². The van der Waals surface area contributed by atoms with E-state index in [4.69, 9.17) is 0 Å². The van der Waals surface area contributed by atoms with Crippen LogP contribution in [0.5, 0.6) is 0 Å². The first kappa shape index (κ1) is 10.8. The van der Waals surface area contributed by atoms with Crippen LogP contribution in [0.2, 0.25) is 0 Å². The van der Waals surface area contributed by atoms with Crippen molar-refractivity contribution < 1.29 is 9.79 Å². The molecule has 2 unspecified atom stereocenters. The van der Waals surface area contributed by atoms with Gasteiger partial charge in [0.1, 0.15) is 12.1 Å². The number of carbonyl (C=O) groups is 1. The number of amides is 1. The predicted molar refractivity (Wildman–Crippen MR) is 73.2 cm³/mol. The molecule has 3 aliphatic rings. The summed E-state index contributed by atoms with van der Waals surface area (Å²) in [5.41, 5.74) is 1.04. The fourth-order valence-electron chi connectivity index (χ4n) is 2.62. The molecule has 2 atom stereocenters. The molecule has 4 nitrogen and oxygen atoms in total. The molecule has 0 spiro atoms. The lowest BCUT2D eigenvalue weighted by atomic mass is 10.0. The lowest BCUT2D eigenvalue weighted by molar-refractivity contribution is -0.380. The van der Waals surface area contributed by atoms with Gasteiger partial charge in [0.2, 0.25) is 11.9 Å². The predicted octanol–water partition coefficient (Wildman–Crippen LogP) is 0.0497. The molecule has 19 heavy (non-hydrogen) atoms. The molecule has 1 aliphatic carbocycles. The van der Waals surface area contributed by atoms with Gasteiger partial charge >= 0.3 is 0 Å². The zero-order valence-corrected chi connectivity index (χ0v) is 10.9. The van der Waals surface area contributed by atoms with Crippen LogP contribution in [0.4, 0.5) is 0 Å². The van der Waals surface area contributed by atoms with Crippen molar-refractivity contribution in [1.82, 2.24) is 10.2 Å². The van der Waals surface area contributed by atoms with Crippen LogP contribution in [0.15, 0.2) is 53.8 Å². The first-order valence-electron chi connectivity index (χ1n) is 6.16. The van der Waals surface area contributed by atoms with E-state index in [1.807, 2.05) is 52.9 Å². The van der Waals surface area contributed by atoms with Crippen molar-refractivity contribution in [3.05, 3.63) is 58.7 Å². The standard InChI is InChI=1S/C14H11N3OS/c18-14-13(11-6-3-7-19-11)16-12-8-15-9-4-1-2-5-10(9)17(12)14/h1-8,10,13,16H/p+1. The molecule has 0 bridgehead atoms. The molecule has 1 saturated heterocycles. The minimum atomic E-state index is -0.258. The monoisotopic (exact) mass is 270 g/mol. The van der Waals surface area contributed by atoms with Crippen LogP contribution >= 0.6 is 11.3 Å². The van der Waals surface area contributed by atoms with Crippen LogP contribution in [0, 0.1) is 0 Å². The van der Waals surface area contributed by atoms with Crippen LogP contribution in [-0.2, 0) is 4.79 Å². The zero-order chi connectivity index (χ0) is 12.8. The Balaban J connectivity index is 1.73. The smallest absolute Gasteiger partial charge is 0.257 e. The Labute approximate surface area is 114 Å². The number of rotatable bonds is 1. The normalized spacial score (nSPS) is 27.6. The molecule has 0 aromatic carbocycles. The van der Waals surface area contributed by atoms with E-state index in [2.05, 4.69) is 10.3 Å². The topological polar surface area (TPSA) is 46.3 Å². The first-order valence-corrected chi connectivity index (χ1v) is 7.04. The summed E-state index contributed by atoms with van der Waals surface area (Å²) in [6.07, 6.45) is 9.85. The van der Waals surface area contributed by atoms with Crippen LogP contribution < -0.4 is 10.3 Å². The summed E-state index contributed by atoms with van der Waals surface area (Å²) in [6, 6.07) is 3.69. The molecule has 0 radical (unpaired) electrons. The maximum absolute atomic E-state index is 12.6. The van der Waals surface area contributed by atoms with E-state index < -0.39 is 0 Å². The van der Waals surface area contributed by atoms with Crippen molar-refractivity contribution >= 4 is 23.0 Å². The summed E-state index contributed by atoms with van der Waals surface area (Å²) in [5.74, 6) is 0.953. The van der Waals surface area contributed by atoms with Crippen LogP contribution in [0.3, 0.4) is 0 Å². The van der Waals surface area contributed by atoms with Gasteiger partial charge in [-0.15, -0.1) is 11.3 Å². The Hall–Kier alpha value is -2.14. The van der Waals surface area contributed by atoms with Crippen molar-refractivity contribution in [1.29, 1.82) is 0 Å². The van der Waals surface area contributed by atoms with Gasteiger partial charge in [0.05, 0.1) is 0 Å². The fraction of sp³-hybridized carbons (Fsp3) is 0.143. The minimum Gasteiger partial charge on any atom is -0.350 e. The van der Waals surface area contributed by atoms with Gasteiger partial charge in [-0.25, -0.2) is 4.99 Å². The van der Waals surface area contributed by atoms with Crippen molar-refractivity contribution in [2.24, 2.45) is 0 Å². The summed E-state index contributed by atoms with van der Waals surface area (Å²) in [5, 5.41) is 5.29. The van der Waals surface area contributed by atoms with Gasteiger partial charge < -0.3 is 5.32 Å². The maximum atomic E-state index is 12.6. The third-order valence-electron chi connectivity index (χ3n) is 3.52. The Morgan fingerprint density at radius 2 is 2.32 bits per heavy atom. The summed E-state index contributed by atoms with van der Waals surface area (Å²) in [6.45, 7) is 0. The molecule has 3 heterocycles. The number of fused-ring (bicyclic) bond motifs is 3. The Morgan fingerprint density at radius 3 is 3.16 bits per heavy atom. The van der Waals surface area contributed by atoms with Gasteiger partial charge in [0.25, 0.3) is 5.91 Å². The highest BCUT2D eigenvalue weighted by molar-refractivity contribution is 7.10. The van der Waals surface area contributed by atoms with Crippen molar-refractivity contribution in [3.8, 4) is 0 Å². The first-order chi connectivity index (χ1) is 9.34. The SMILES string of the molecule is O=C1C(c2cccs2)NC2=C[NH+]=C3C=CC=CC3N12. The molecule has 94 valence electrons. The Kier molecular flexibility index (Phi) is 2.22. The lowest BCUT2D eigenvalue weighted by Gasteiger charge is -2.25. The molecule has 1 fully saturated rings. The number of nitrogens with one attached hydrogen (secondary N) is 2. The molecule has 0 saturated carbocycles. The number of allylic oxidation sites excluding steroid dienone is 2. The third-order valence-corrected chi connectivity index (χ3v) is 4.45.